The highest BCUT2D eigenvalue weighted by molar-refractivity contribution is 5.05. The lowest BCUT2D eigenvalue weighted by atomic mass is 9.65. The van der Waals surface area contributed by atoms with Gasteiger partial charge < -0.3 is 5.32 Å². The molecule has 4 nitrogen and oxygen atoms in total. The highest BCUT2D eigenvalue weighted by Crippen LogP contribution is 2.42. The van der Waals surface area contributed by atoms with Gasteiger partial charge in [0, 0.05) is 23.3 Å². The molecule has 4 heteroatoms. The van der Waals surface area contributed by atoms with Gasteiger partial charge in [0.15, 0.2) is 0 Å². The molecular formula is C22H40N2O2. The minimum atomic E-state index is -0.126. The Balaban J connectivity index is 3.18. The second-order valence-corrected chi connectivity index (χ2v) is 7.88. The van der Waals surface area contributed by atoms with Crippen molar-refractivity contribution >= 4 is 0 Å². The normalized spacial score (nSPS) is 24.3. The molecule has 0 bridgehead atoms. The first-order chi connectivity index (χ1) is 12.5. The molecule has 0 radical (unpaired) electrons. The third-order valence-corrected chi connectivity index (χ3v) is 6.32. The topological polar surface area (TPSA) is 55.2 Å². The molecule has 1 aliphatic rings. The van der Waals surface area contributed by atoms with Gasteiger partial charge in [0.1, 0.15) is 0 Å². The van der Waals surface area contributed by atoms with E-state index in [4.69, 9.17) is 0 Å². The highest BCUT2D eigenvalue weighted by Gasteiger charge is 2.38. The zero-order valence-corrected chi connectivity index (χ0v) is 17.5. The van der Waals surface area contributed by atoms with Crippen molar-refractivity contribution in [1.29, 1.82) is 0 Å². The van der Waals surface area contributed by atoms with Crippen LogP contribution >= 0.6 is 0 Å². The van der Waals surface area contributed by atoms with E-state index >= 15 is 0 Å². The summed E-state index contributed by atoms with van der Waals surface area (Å²) in [6.07, 6.45) is 15.3. The van der Waals surface area contributed by atoms with Crippen LogP contribution in [0, 0.1) is 39.7 Å². The fourth-order valence-corrected chi connectivity index (χ4v) is 4.99. The quantitative estimate of drug-likeness (QED) is 0.254. The Bertz CT molecular complexity index is 461. The lowest BCUT2D eigenvalue weighted by Gasteiger charge is -2.40. The molecule has 1 N–H and O–H groups in total. The Morgan fingerprint density at radius 1 is 1.19 bits per heavy atom. The van der Waals surface area contributed by atoms with E-state index in [1.54, 1.807) is 0 Å². The Kier molecular flexibility index (Phi) is 10.6. The predicted molar refractivity (Wildman–Crippen MR) is 111 cm³/mol. The molecular weight excluding hydrogens is 324 g/mol. The van der Waals surface area contributed by atoms with Crippen molar-refractivity contribution in [1.82, 2.24) is 5.32 Å². The van der Waals surface area contributed by atoms with E-state index in [0.29, 0.717) is 42.1 Å². The summed E-state index contributed by atoms with van der Waals surface area (Å²) in [4.78, 5) is 11.0. The smallest absolute Gasteiger partial charge is 0.204 e. The Hall–Kier alpha value is -1.32. The summed E-state index contributed by atoms with van der Waals surface area (Å²) in [5.74, 6) is 2.42. The van der Waals surface area contributed by atoms with Crippen LogP contribution in [-0.4, -0.2) is 17.5 Å². The molecule has 0 aromatic rings. The van der Waals surface area contributed by atoms with E-state index in [0.717, 1.165) is 12.8 Å². The molecule has 0 spiro atoms. The largest absolute Gasteiger partial charge is 0.388 e. The van der Waals surface area contributed by atoms with Crippen molar-refractivity contribution in [2.45, 2.75) is 79.2 Å². The number of rotatable bonds is 13. The Morgan fingerprint density at radius 3 is 2.38 bits per heavy atom. The number of nitrogens with zero attached hydrogens (tertiary/aromatic N) is 1. The van der Waals surface area contributed by atoms with Crippen molar-refractivity contribution in [3.8, 4) is 0 Å². The molecule has 0 aromatic carbocycles. The zero-order valence-electron chi connectivity index (χ0n) is 17.5. The summed E-state index contributed by atoms with van der Waals surface area (Å²) >= 11 is 0. The van der Waals surface area contributed by atoms with Gasteiger partial charge in [-0.2, -0.15) is 0 Å². The average molecular weight is 365 g/mol. The molecule has 1 aliphatic heterocycles. The maximum Gasteiger partial charge on any atom is 0.204 e. The van der Waals surface area contributed by atoms with Gasteiger partial charge in [0.25, 0.3) is 0 Å². The molecule has 0 aromatic heterocycles. The molecule has 0 fully saturated rings. The molecule has 0 saturated heterocycles. The number of unbranched alkanes of at least 4 members (excludes halogenated alkanes) is 1. The maximum atomic E-state index is 11.2. The van der Waals surface area contributed by atoms with Crippen molar-refractivity contribution < 1.29 is 4.92 Å². The van der Waals surface area contributed by atoms with Crippen molar-refractivity contribution in [2.24, 2.45) is 29.6 Å². The summed E-state index contributed by atoms with van der Waals surface area (Å²) in [6, 6.07) is 0.425. The summed E-state index contributed by atoms with van der Waals surface area (Å²) in [5, 5.41) is 14.6. The van der Waals surface area contributed by atoms with Crippen LogP contribution in [0.1, 0.15) is 73.1 Å². The monoisotopic (exact) mass is 364 g/mol. The fraction of sp³-hybridized carbons (Fsp3) is 0.818. The fourth-order valence-electron chi connectivity index (χ4n) is 4.99. The molecule has 1 heterocycles. The Morgan fingerprint density at radius 2 is 1.92 bits per heavy atom. The third-order valence-electron chi connectivity index (χ3n) is 6.32. The van der Waals surface area contributed by atoms with Crippen molar-refractivity contribution in [3.05, 3.63) is 34.5 Å². The number of nitro groups is 1. The molecule has 0 amide bonds. The van der Waals surface area contributed by atoms with Crippen LogP contribution in [0.25, 0.3) is 0 Å². The van der Waals surface area contributed by atoms with E-state index < -0.39 is 0 Å². The van der Waals surface area contributed by atoms with Crippen molar-refractivity contribution in [2.75, 3.05) is 6.54 Å². The number of hydrogen-bond donors (Lipinski definition) is 1. The molecule has 6 unspecified atom stereocenters. The minimum absolute atomic E-state index is 0.0916. The predicted octanol–water partition coefficient (Wildman–Crippen LogP) is 5.83. The van der Waals surface area contributed by atoms with E-state index in [1.165, 1.54) is 19.3 Å². The van der Waals surface area contributed by atoms with Crippen LogP contribution in [0.2, 0.25) is 0 Å². The van der Waals surface area contributed by atoms with Crippen molar-refractivity contribution in [3.63, 3.8) is 0 Å². The standard InChI is InChI=1S/C22H40N2O2/c1-6-10-12-21(20-13-15-23-17(20)5)22(14-16-24(25)26)19(9-4)18(8-3)11-7-2/h7,11,13,15,17-23H,6,8-10,12,14,16H2,1-5H3/b11-7-. The van der Waals surface area contributed by atoms with Gasteiger partial charge in [-0.1, -0.05) is 58.3 Å². The van der Waals surface area contributed by atoms with Gasteiger partial charge in [0.05, 0.1) is 0 Å². The summed E-state index contributed by atoms with van der Waals surface area (Å²) < 4.78 is 0. The molecule has 1 rings (SSSR count). The van der Waals surface area contributed by atoms with Gasteiger partial charge in [-0.3, -0.25) is 10.1 Å². The average Bonchev–Trinajstić information content (AvgIpc) is 3.04. The van der Waals surface area contributed by atoms with Crippen LogP contribution < -0.4 is 5.32 Å². The van der Waals surface area contributed by atoms with Gasteiger partial charge in [-0.05, 0) is 56.6 Å². The molecule has 150 valence electrons. The number of nitrogens with one attached hydrogen (secondary N) is 1. The third kappa shape index (κ3) is 6.44. The lowest BCUT2D eigenvalue weighted by Crippen LogP contribution is -2.38. The molecule has 0 saturated carbocycles. The number of allylic oxidation sites excluding steroid dienone is 2. The van der Waals surface area contributed by atoms with E-state index in [1.807, 2.05) is 0 Å². The van der Waals surface area contributed by atoms with Gasteiger partial charge >= 0.3 is 0 Å². The van der Waals surface area contributed by atoms with Gasteiger partial charge in [0.2, 0.25) is 6.54 Å². The van der Waals surface area contributed by atoms with E-state index in [9.17, 15) is 10.1 Å². The van der Waals surface area contributed by atoms with E-state index in [-0.39, 0.29) is 11.5 Å². The Labute approximate surface area is 160 Å². The first-order valence-corrected chi connectivity index (χ1v) is 10.7. The van der Waals surface area contributed by atoms with Crippen LogP contribution in [0.4, 0.5) is 0 Å². The summed E-state index contributed by atoms with van der Waals surface area (Å²) in [5.41, 5.74) is 0. The molecule has 26 heavy (non-hydrogen) atoms. The zero-order chi connectivity index (χ0) is 19.5. The van der Waals surface area contributed by atoms with Gasteiger partial charge in [-0.15, -0.1) is 0 Å². The second-order valence-electron chi connectivity index (χ2n) is 7.88. The first-order valence-electron chi connectivity index (χ1n) is 10.7. The second kappa shape index (κ2) is 12.1. The van der Waals surface area contributed by atoms with Crippen LogP contribution in [0.5, 0.6) is 0 Å². The maximum absolute atomic E-state index is 11.2. The first kappa shape index (κ1) is 22.7. The minimum Gasteiger partial charge on any atom is -0.388 e. The van der Waals surface area contributed by atoms with Crippen LogP contribution in [0.15, 0.2) is 24.4 Å². The summed E-state index contributed by atoms with van der Waals surface area (Å²) in [7, 11) is 0. The summed E-state index contributed by atoms with van der Waals surface area (Å²) in [6.45, 7) is 11.2. The van der Waals surface area contributed by atoms with E-state index in [2.05, 4.69) is 64.4 Å². The number of hydrogen-bond acceptors (Lipinski definition) is 3. The lowest BCUT2D eigenvalue weighted by molar-refractivity contribution is -0.482. The van der Waals surface area contributed by atoms with Crippen LogP contribution in [-0.2, 0) is 0 Å². The van der Waals surface area contributed by atoms with Gasteiger partial charge in [-0.25, -0.2) is 0 Å². The molecule has 6 atom stereocenters. The molecule has 0 aliphatic carbocycles. The van der Waals surface area contributed by atoms with Crippen LogP contribution in [0.3, 0.4) is 0 Å². The SMILES string of the molecule is C/C=C\C(CC)C(CC)C(CC[N+](=O)[O-])C(CCCC)C1C=CNC1C. The highest BCUT2D eigenvalue weighted by atomic mass is 16.6.